The summed E-state index contributed by atoms with van der Waals surface area (Å²) in [6, 6.07) is 5.11. The monoisotopic (exact) mass is 320 g/mol. The second kappa shape index (κ2) is 6.28. The fourth-order valence-corrected chi connectivity index (χ4v) is 3.50. The van der Waals surface area contributed by atoms with Crippen LogP contribution in [0, 0.1) is 11.2 Å². The molecule has 1 atom stereocenters. The van der Waals surface area contributed by atoms with Crippen molar-refractivity contribution in [2.24, 2.45) is 5.41 Å². The minimum absolute atomic E-state index is 0.0605. The van der Waals surface area contributed by atoms with Gasteiger partial charge in [0.05, 0.1) is 12.0 Å². The van der Waals surface area contributed by atoms with Gasteiger partial charge in [0.2, 0.25) is 11.8 Å². The van der Waals surface area contributed by atoms with Gasteiger partial charge in [-0.15, -0.1) is 0 Å². The van der Waals surface area contributed by atoms with Crippen molar-refractivity contribution in [3.8, 4) is 0 Å². The van der Waals surface area contributed by atoms with Gasteiger partial charge in [0, 0.05) is 20.2 Å². The molecule has 1 saturated heterocycles. The van der Waals surface area contributed by atoms with E-state index < -0.39 is 17.3 Å². The lowest BCUT2D eigenvalue weighted by molar-refractivity contribution is -0.159. The van der Waals surface area contributed by atoms with Crippen molar-refractivity contribution in [2.75, 3.05) is 26.8 Å². The third-order valence-electron chi connectivity index (χ3n) is 4.82. The van der Waals surface area contributed by atoms with E-state index in [4.69, 9.17) is 4.74 Å². The first kappa shape index (κ1) is 15.9. The first-order valence-corrected chi connectivity index (χ1v) is 7.91. The maximum absolute atomic E-state index is 13.6. The number of amides is 2. The van der Waals surface area contributed by atoms with Crippen molar-refractivity contribution >= 4 is 11.8 Å². The molecular weight excluding hydrogens is 299 g/mol. The fourth-order valence-electron chi connectivity index (χ4n) is 3.50. The van der Waals surface area contributed by atoms with Crippen molar-refractivity contribution in [3.05, 3.63) is 35.6 Å². The molecule has 1 heterocycles. The highest BCUT2D eigenvalue weighted by molar-refractivity contribution is 5.92. The molecule has 23 heavy (non-hydrogen) atoms. The Hall–Kier alpha value is -1.95. The third-order valence-corrected chi connectivity index (χ3v) is 4.82. The van der Waals surface area contributed by atoms with Crippen molar-refractivity contribution < 1.29 is 18.7 Å². The predicted molar refractivity (Wildman–Crippen MR) is 82.0 cm³/mol. The van der Waals surface area contributed by atoms with E-state index in [1.54, 1.807) is 24.1 Å². The van der Waals surface area contributed by atoms with E-state index in [2.05, 4.69) is 5.32 Å². The van der Waals surface area contributed by atoms with Crippen LogP contribution in [0.1, 0.15) is 30.9 Å². The molecule has 0 aromatic heterocycles. The number of methoxy groups -OCH3 is 1. The molecule has 5 nitrogen and oxygen atoms in total. The highest BCUT2D eigenvalue weighted by atomic mass is 19.1. The molecule has 2 fully saturated rings. The Bertz CT molecular complexity index is 616. The molecule has 3 rings (SSSR count). The smallest absolute Gasteiger partial charge is 0.247 e. The van der Waals surface area contributed by atoms with Crippen molar-refractivity contribution in [2.45, 2.75) is 25.3 Å². The zero-order valence-electron chi connectivity index (χ0n) is 13.2. The summed E-state index contributed by atoms with van der Waals surface area (Å²) in [5.74, 6) is -0.736. The summed E-state index contributed by atoms with van der Waals surface area (Å²) in [7, 11) is 1.58. The van der Waals surface area contributed by atoms with Crippen LogP contribution in [0.25, 0.3) is 0 Å². The number of rotatable bonds is 4. The van der Waals surface area contributed by atoms with Gasteiger partial charge in [-0.05, 0) is 30.5 Å². The molecule has 0 unspecified atom stereocenters. The zero-order valence-corrected chi connectivity index (χ0v) is 13.2. The van der Waals surface area contributed by atoms with Crippen molar-refractivity contribution in [3.63, 3.8) is 0 Å². The Labute approximate surface area is 134 Å². The van der Waals surface area contributed by atoms with E-state index in [0.29, 0.717) is 25.3 Å². The van der Waals surface area contributed by atoms with Gasteiger partial charge in [-0.25, -0.2) is 4.39 Å². The molecule has 6 heteroatoms. The maximum Gasteiger partial charge on any atom is 0.247 e. The van der Waals surface area contributed by atoms with Crippen LogP contribution < -0.4 is 5.32 Å². The molecule has 1 aromatic rings. The predicted octanol–water partition coefficient (Wildman–Crippen LogP) is 1.64. The van der Waals surface area contributed by atoms with Crippen LogP contribution in [-0.2, 0) is 14.3 Å². The Morgan fingerprint density at radius 3 is 2.87 bits per heavy atom. The number of carbonyl (C=O) groups excluding carboxylic acids is 2. The van der Waals surface area contributed by atoms with Crippen LogP contribution in [-0.4, -0.2) is 43.5 Å². The van der Waals surface area contributed by atoms with E-state index in [0.717, 1.165) is 19.3 Å². The first-order chi connectivity index (χ1) is 11.1. The third kappa shape index (κ3) is 2.83. The fraction of sp³-hybridized carbons (Fsp3) is 0.529. The van der Waals surface area contributed by atoms with E-state index in [1.165, 1.54) is 12.1 Å². The minimum Gasteiger partial charge on any atom is -0.384 e. The van der Waals surface area contributed by atoms with Crippen LogP contribution in [0.15, 0.2) is 24.3 Å². The average molecular weight is 320 g/mol. The second-order valence-corrected chi connectivity index (χ2v) is 6.31. The number of nitrogens with zero attached hydrogens (tertiary/aromatic N) is 1. The first-order valence-electron chi connectivity index (χ1n) is 7.91. The second-order valence-electron chi connectivity index (χ2n) is 6.31. The van der Waals surface area contributed by atoms with E-state index in [9.17, 15) is 14.0 Å². The lowest BCUT2D eigenvalue weighted by Crippen LogP contribution is -2.58. The van der Waals surface area contributed by atoms with Gasteiger partial charge in [0.25, 0.3) is 0 Å². The van der Waals surface area contributed by atoms with Crippen LogP contribution in [0.2, 0.25) is 0 Å². The maximum atomic E-state index is 13.6. The molecule has 2 aliphatic rings. The normalized spacial score (nSPS) is 23.1. The molecule has 1 N–H and O–H groups in total. The molecular formula is C17H21FN2O3. The van der Waals surface area contributed by atoms with Crippen molar-refractivity contribution in [1.82, 2.24) is 10.2 Å². The summed E-state index contributed by atoms with van der Waals surface area (Å²) in [6.07, 6.45) is 2.53. The lowest BCUT2D eigenvalue weighted by Gasteiger charge is -2.46. The summed E-state index contributed by atoms with van der Waals surface area (Å²) in [5.41, 5.74) is -0.0276. The molecule has 124 valence electrons. The zero-order chi connectivity index (χ0) is 16.4. The molecule has 1 aliphatic carbocycles. The van der Waals surface area contributed by atoms with Gasteiger partial charge in [0.1, 0.15) is 11.9 Å². The minimum atomic E-state index is -0.777. The standard InChI is InChI=1S/C17H21FN2O3/c1-23-11-17(6-3-7-17)16(22)20-9-8-19-15(21)14(20)12-4-2-5-13(18)10-12/h2,4-5,10,14H,3,6-9,11H2,1H3,(H,19,21)/t14-/m0/s1. The van der Waals surface area contributed by atoms with Gasteiger partial charge in [-0.2, -0.15) is 0 Å². The van der Waals surface area contributed by atoms with Crippen LogP contribution >= 0.6 is 0 Å². The van der Waals surface area contributed by atoms with Gasteiger partial charge >= 0.3 is 0 Å². The number of hydrogen-bond acceptors (Lipinski definition) is 3. The number of ether oxygens (including phenoxy) is 1. The van der Waals surface area contributed by atoms with Crippen LogP contribution in [0.4, 0.5) is 4.39 Å². The molecule has 1 saturated carbocycles. The van der Waals surface area contributed by atoms with Gasteiger partial charge in [-0.1, -0.05) is 18.6 Å². The summed E-state index contributed by atoms with van der Waals surface area (Å²) >= 11 is 0. The topological polar surface area (TPSA) is 58.6 Å². The Kier molecular flexibility index (Phi) is 4.35. The molecule has 1 aliphatic heterocycles. The van der Waals surface area contributed by atoms with E-state index >= 15 is 0 Å². The molecule has 0 spiro atoms. The summed E-state index contributed by atoms with van der Waals surface area (Å²) in [4.78, 5) is 27.0. The van der Waals surface area contributed by atoms with Crippen LogP contribution in [0.3, 0.4) is 0 Å². The van der Waals surface area contributed by atoms with Gasteiger partial charge in [0.15, 0.2) is 0 Å². The highest BCUT2D eigenvalue weighted by Crippen LogP contribution is 2.44. The molecule has 0 bridgehead atoms. The lowest BCUT2D eigenvalue weighted by atomic mass is 9.68. The van der Waals surface area contributed by atoms with E-state index in [-0.39, 0.29) is 11.8 Å². The summed E-state index contributed by atoms with van der Waals surface area (Å²) in [6.45, 7) is 1.20. The Morgan fingerprint density at radius 1 is 1.48 bits per heavy atom. The number of piperazine rings is 1. The molecule has 2 amide bonds. The highest BCUT2D eigenvalue weighted by Gasteiger charge is 2.49. The molecule has 0 radical (unpaired) electrons. The van der Waals surface area contributed by atoms with Crippen molar-refractivity contribution in [1.29, 1.82) is 0 Å². The summed E-state index contributed by atoms with van der Waals surface area (Å²) < 4.78 is 18.8. The largest absolute Gasteiger partial charge is 0.384 e. The average Bonchev–Trinajstić information content (AvgIpc) is 2.50. The molecule has 1 aromatic carbocycles. The van der Waals surface area contributed by atoms with Gasteiger partial charge < -0.3 is 15.0 Å². The number of benzene rings is 1. The number of carbonyl (C=O) groups is 2. The summed E-state index contributed by atoms with van der Waals surface area (Å²) in [5, 5.41) is 2.77. The number of halogens is 1. The van der Waals surface area contributed by atoms with Gasteiger partial charge in [-0.3, -0.25) is 9.59 Å². The van der Waals surface area contributed by atoms with E-state index in [1.807, 2.05) is 0 Å². The Morgan fingerprint density at radius 2 is 2.26 bits per heavy atom. The Balaban J connectivity index is 1.92. The number of hydrogen-bond donors (Lipinski definition) is 1. The number of nitrogens with one attached hydrogen (secondary N) is 1. The quantitative estimate of drug-likeness (QED) is 0.917. The SMILES string of the molecule is COCC1(C(=O)N2CCNC(=O)[C@@H]2c2cccc(F)c2)CCC1. The van der Waals surface area contributed by atoms with Crippen LogP contribution in [0.5, 0.6) is 0 Å².